The van der Waals surface area contributed by atoms with E-state index in [2.05, 4.69) is 0 Å². The fraction of sp³-hybridized carbons (Fsp3) is 0.500. The Morgan fingerprint density at radius 1 is 1.29 bits per heavy atom. The van der Waals surface area contributed by atoms with E-state index < -0.39 is 11.6 Å². The molecule has 1 aromatic rings. The molecule has 0 saturated carbocycles. The third-order valence-corrected chi connectivity index (χ3v) is 3.43. The SMILES string of the molecule is CC(C)(C)OC(=O)N1CCCC1c1ccccc1C(=O)O. The molecule has 0 spiro atoms. The highest BCUT2D eigenvalue weighted by atomic mass is 16.6. The second kappa shape index (κ2) is 5.76. The van der Waals surface area contributed by atoms with Gasteiger partial charge >= 0.3 is 12.1 Å². The Labute approximate surface area is 124 Å². The Bertz CT molecular complexity index is 547. The molecule has 0 radical (unpaired) electrons. The lowest BCUT2D eigenvalue weighted by Gasteiger charge is -2.29. The maximum absolute atomic E-state index is 12.3. The number of nitrogens with zero attached hydrogens (tertiary/aromatic N) is 1. The van der Waals surface area contributed by atoms with Crippen LogP contribution in [0.1, 0.15) is 55.6 Å². The van der Waals surface area contributed by atoms with E-state index in [1.807, 2.05) is 20.8 Å². The molecule has 1 N–H and O–H groups in total. The predicted octanol–water partition coefficient (Wildman–Crippen LogP) is 3.46. The Hall–Kier alpha value is -2.04. The molecular formula is C16H21NO4. The van der Waals surface area contributed by atoms with E-state index in [4.69, 9.17) is 4.74 Å². The zero-order valence-electron chi connectivity index (χ0n) is 12.6. The molecular weight excluding hydrogens is 270 g/mol. The average molecular weight is 291 g/mol. The van der Waals surface area contributed by atoms with Gasteiger partial charge in [-0.1, -0.05) is 18.2 Å². The van der Waals surface area contributed by atoms with Gasteiger partial charge in [0, 0.05) is 6.54 Å². The predicted molar refractivity (Wildman–Crippen MR) is 78.3 cm³/mol. The summed E-state index contributed by atoms with van der Waals surface area (Å²) in [7, 11) is 0. The van der Waals surface area contributed by atoms with Gasteiger partial charge in [0.2, 0.25) is 0 Å². The van der Waals surface area contributed by atoms with Crippen LogP contribution in [0.4, 0.5) is 4.79 Å². The van der Waals surface area contributed by atoms with Crippen molar-refractivity contribution in [2.45, 2.75) is 45.3 Å². The van der Waals surface area contributed by atoms with Crippen LogP contribution in [0.3, 0.4) is 0 Å². The summed E-state index contributed by atoms with van der Waals surface area (Å²) >= 11 is 0. The maximum atomic E-state index is 12.3. The van der Waals surface area contributed by atoms with E-state index >= 15 is 0 Å². The monoisotopic (exact) mass is 291 g/mol. The summed E-state index contributed by atoms with van der Waals surface area (Å²) in [5.74, 6) is -0.971. The Morgan fingerprint density at radius 2 is 1.95 bits per heavy atom. The fourth-order valence-corrected chi connectivity index (χ4v) is 2.61. The standard InChI is InChI=1S/C16H21NO4/c1-16(2,3)21-15(20)17-10-6-9-13(17)11-7-4-5-8-12(11)14(18)19/h4-5,7-8,13H,6,9-10H2,1-3H3,(H,18,19). The Balaban J connectivity index is 2.27. The van der Waals surface area contributed by atoms with Crippen LogP contribution in [0.25, 0.3) is 0 Å². The summed E-state index contributed by atoms with van der Waals surface area (Å²) in [5.41, 5.74) is 0.364. The summed E-state index contributed by atoms with van der Waals surface area (Å²) in [6, 6.07) is 6.61. The van der Waals surface area contributed by atoms with Gasteiger partial charge in [0.1, 0.15) is 5.60 Å². The number of aromatic carboxylic acids is 1. The van der Waals surface area contributed by atoms with Crippen LogP contribution >= 0.6 is 0 Å². The minimum Gasteiger partial charge on any atom is -0.478 e. The van der Waals surface area contributed by atoms with Gasteiger partial charge in [0.25, 0.3) is 0 Å². The fourth-order valence-electron chi connectivity index (χ4n) is 2.61. The van der Waals surface area contributed by atoms with Gasteiger partial charge in [-0.2, -0.15) is 0 Å². The third-order valence-electron chi connectivity index (χ3n) is 3.43. The second-order valence-electron chi connectivity index (χ2n) is 6.22. The van der Waals surface area contributed by atoms with E-state index in [9.17, 15) is 14.7 Å². The summed E-state index contributed by atoms with van der Waals surface area (Å²) in [6.45, 7) is 6.05. The van der Waals surface area contributed by atoms with Crippen LogP contribution in [0, 0.1) is 0 Å². The number of carbonyl (C=O) groups is 2. The maximum Gasteiger partial charge on any atom is 0.410 e. The zero-order valence-corrected chi connectivity index (χ0v) is 12.6. The van der Waals surface area contributed by atoms with Crippen molar-refractivity contribution in [1.82, 2.24) is 4.90 Å². The van der Waals surface area contributed by atoms with Gasteiger partial charge in [-0.3, -0.25) is 0 Å². The topological polar surface area (TPSA) is 66.8 Å². The molecule has 1 unspecified atom stereocenters. The molecule has 0 aromatic heterocycles. The number of ether oxygens (including phenoxy) is 1. The molecule has 21 heavy (non-hydrogen) atoms. The Kier molecular flexibility index (Phi) is 4.21. The molecule has 0 aliphatic carbocycles. The highest BCUT2D eigenvalue weighted by molar-refractivity contribution is 5.89. The lowest BCUT2D eigenvalue weighted by Crippen LogP contribution is -2.36. The molecule has 1 saturated heterocycles. The van der Waals surface area contributed by atoms with Crippen molar-refractivity contribution in [3.63, 3.8) is 0 Å². The van der Waals surface area contributed by atoms with Crippen molar-refractivity contribution >= 4 is 12.1 Å². The summed E-state index contributed by atoms with van der Waals surface area (Å²) < 4.78 is 5.41. The van der Waals surface area contributed by atoms with Gasteiger partial charge in [-0.05, 0) is 45.2 Å². The highest BCUT2D eigenvalue weighted by Crippen LogP contribution is 2.34. The number of carboxylic acids is 1. The van der Waals surface area contributed by atoms with Crippen molar-refractivity contribution in [1.29, 1.82) is 0 Å². The van der Waals surface area contributed by atoms with Crippen molar-refractivity contribution < 1.29 is 19.4 Å². The molecule has 5 nitrogen and oxygen atoms in total. The van der Waals surface area contributed by atoms with Gasteiger partial charge in [0.05, 0.1) is 11.6 Å². The molecule has 1 fully saturated rings. The van der Waals surface area contributed by atoms with Gasteiger partial charge < -0.3 is 14.7 Å². The van der Waals surface area contributed by atoms with Gasteiger partial charge in [-0.25, -0.2) is 9.59 Å². The lowest BCUT2D eigenvalue weighted by atomic mass is 9.98. The van der Waals surface area contributed by atoms with Crippen LogP contribution < -0.4 is 0 Å². The van der Waals surface area contributed by atoms with Gasteiger partial charge in [0.15, 0.2) is 0 Å². The number of hydrogen-bond donors (Lipinski definition) is 1. The molecule has 5 heteroatoms. The first-order valence-electron chi connectivity index (χ1n) is 7.11. The number of likely N-dealkylation sites (tertiary alicyclic amines) is 1. The number of amides is 1. The van der Waals surface area contributed by atoms with Crippen LogP contribution in [-0.4, -0.2) is 34.2 Å². The number of hydrogen-bond acceptors (Lipinski definition) is 3. The number of benzene rings is 1. The smallest absolute Gasteiger partial charge is 0.410 e. The largest absolute Gasteiger partial charge is 0.478 e. The lowest BCUT2D eigenvalue weighted by molar-refractivity contribution is 0.0222. The molecule has 1 heterocycles. The molecule has 1 aliphatic heterocycles. The summed E-state index contributed by atoms with van der Waals surface area (Å²) in [6.07, 6.45) is 1.21. The third kappa shape index (κ3) is 3.54. The van der Waals surface area contributed by atoms with Crippen LogP contribution in [0.2, 0.25) is 0 Å². The normalized spacial score (nSPS) is 18.6. The average Bonchev–Trinajstić information content (AvgIpc) is 2.85. The highest BCUT2D eigenvalue weighted by Gasteiger charge is 2.34. The number of carbonyl (C=O) groups excluding carboxylic acids is 1. The first-order chi connectivity index (χ1) is 9.79. The van der Waals surface area contributed by atoms with Crippen LogP contribution in [0.15, 0.2) is 24.3 Å². The number of carboxylic acid groups (broad SMARTS) is 1. The quantitative estimate of drug-likeness (QED) is 0.906. The zero-order chi connectivity index (χ0) is 15.6. The molecule has 1 aromatic carbocycles. The van der Waals surface area contributed by atoms with Crippen LogP contribution in [0.5, 0.6) is 0 Å². The van der Waals surface area contributed by atoms with E-state index in [0.29, 0.717) is 12.1 Å². The Morgan fingerprint density at radius 3 is 2.57 bits per heavy atom. The molecule has 2 rings (SSSR count). The number of rotatable bonds is 2. The van der Waals surface area contributed by atoms with E-state index in [1.54, 1.807) is 29.2 Å². The van der Waals surface area contributed by atoms with E-state index in [1.165, 1.54) is 0 Å². The second-order valence-corrected chi connectivity index (χ2v) is 6.22. The molecule has 0 bridgehead atoms. The van der Waals surface area contributed by atoms with Crippen molar-refractivity contribution in [3.8, 4) is 0 Å². The molecule has 1 atom stereocenters. The summed E-state index contributed by atoms with van der Waals surface area (Å²) in [4.78, 5) is 25.3. The van der Waals surface area contributed by atoms with Crippen molar-refractivity contribution in [2.24, 2.45) is 0 Å². The van der Waals surface area contributed by atoms with E-state index in [0.717, 1.165) is 12.8 Å². The molecule has 114 valence electrons. The minimum absolute atomic E-state index is 0.229. The molecule has 1 aliphatic rings. The van der Waals surface area contributed by atoms with Crippen molar-refractivity contribution in [3.05, 3.63) is 35.4 Å². The first-order valence-corrected chi connectivity index (χ1v) is 7.11. The van der Waals surface area contributed by atoms with E-state index in [-0.39, 0.29) is 17.7 Å². The van der Waals surface area contributed by atoms with Crippen LogP contribution in [-0.2, 0) is 4.74 Å². The van der Waals surface area contributed by atoms with Crippen molar-refractivity contribution in [2.75, 3.05) is 6.54 Å². The molecule has 1 amide bonds. The summed E-state index contributed by atoms with van der Waals surface area (Å²) in [5, 5.41) is 9.30. The van der Waals surface area contributed by atoms with Gasteiger partial charge in [-0.15, -0.1) is 0 Å². The minimum atomic E-state index is -0.971. The first kappa shape index (κ1) is 15.4.